The second-order valence-electron chi connectivity index (χ2n) is 5.67. The summed E-state index contributed by atoms with van der Waals surface area (Å²) in [6.07, 6.45) is 3.16. The molecule has 17 heavy (non-hydrogen) atoms. The van der Waals surface area contributed by atoms with Crippen molar-refractivity contribution in [3.8, 4) is 0 Å². The molecule has 1 aromatic heterocycles. The topological polar surface area (TPSA) is 29.0 Å². The molecule has 1 aliphatic heterocycles. The van der Waals surface area contributed by atoms with Gasteiger partial charge in [-0.25, -0.2) is 9.97 Å². The Morgan fingerprint density at radius 3 is 2.65 bits per heavy atom. The lowest BCUT2D eigenvalue weighted by atomic mass is 9.95. The summed E-state index contributed by atoms with van der Waals surface area (Å²) in [6, 6.07) is 2.02. The molecular formula is C14H23N3. The molecular weight excluding hydrogens is 210 g/mol. The van der Waals surface area contributed by atoms with E-state index in [0.717, 1.165) is 36.6 Å². The molecule has 3 nitrogen and oxygen atoms in total. The molecule has 2 rings (SSSR count). The zero-order valence-electron chi connectivity index (χ0n) is 11.3. The monoisotopic (exact) mass is 233 g/mol. The number of hydrogen-bond acceptors (Lipinski definition) is 3. The lowest BCUT2D eigenvalue weighted by Crippen LogP contribution is -2.23. The van der Waals surface area contributed by atoms with Gasteiger partial charge in [-0.2, -0.15) is 0 Å². The molecule has 0 saturated carbocycles. The van der Waals surface area contributed by atoms with Gasteiger partial charge < -0.3 is 4.90 Å². The van der Waals surface area contributed by atoms with Gasteiger partial charge in [0, 0.05) is 25.0 Å². The van der Waals surface area contributed by atoms with E-state index in [1.807, 2.05) is 12.3 Å². The van der Waals surface area contributed by atoms with E-state index >= 15 is 0 Å². The Bertz CT molecular complexity index is 373. The van der Waals surface area contributed by atoms with Gasteiger partial charge in [0.25, 0.3) is 0 Å². The molecule has 0 N–H and O–H groups in total. The van der Waals surface area contributed by atoms with Crippen LogP contribution in [0, 0.1) is 11.8 Å². The van der Waals surface area contributed by atoms with Gasteiger partial charge in [0.2, 0.25) is 5.95 Å². The summed E-state index contributed by atoms with van der Waals surface area (Å²) in [6.45, 7) is 11.2. The molecule has 2 heterocycles. The summed E-state index contributed by atoms with van der Waals surface area (Å²) in [5.41, 5.74) is 1.14. The van der Waals surface area contributed by atoms with Crippen molar-refractivity contribution >= 4 is 5.95 Å². The quantitative estimate of drug-likeness (QED) is 0.803. The van der Waals surface area contributed by atoms with Crippen LogP contribution >= 0.6 is 0 Å². The molecule has 1 atom stereocenters. The van der Waals surface area contributed by atoms with Crippen molar-refractivity contribution in [3.05, 3.63) is 18.0 Å². The van der Waals surface area contributed by atoms with Crippen LogP contribution in [0.2, 0.25) is 0 Å². The zero-order valence-corrected chi connectivity index (χ0v) is 11.3. The second kappa shape index (κ2) is 5.03. The smallest absolute Gasteiger partial charge is 0.225 e. The maximum absolute atomic E-state index is 4.66. The molecule has 1 unspecified atom stereocenters. The molecule has 1 fully saturated rings. The summed E-state index contributed by atoms with van der Waals surface area (Å²) >= 11 is 0. The van der Waals surface area contributed by atoms with E-state index in [-0.39, 0.29) is 0 Å². The molecule has 0 amide bonds. The minimum absolute atomic E-state index is 0.472. The number of anilines is 1. The first-order valence-corrected chi connectivity index (χ1v) is 6.65. The van der Waals surface area contributed by atoms with Gasteiger partial charge >= 0.3 is 0 Å². The highest BCUT2D eigenvalue weighted by atomic mass is 15.3. The van der Waals surface area contributed by atoms with Gasteiger partial charge in [0.05, 0.1) is 0 Å². The lowest BCUT2D eigenvalue weighted by Gasteiger charge is -2.18. The van der Waals surface area contributed by atoms with Crippen molar-refractivity contribution in [2.45, 2.75) is 40.0 Å². The van der Waals surface area contributed by atoms with Gasteiger partial charge in [0.15, 0.2) is 0 Å². The van der Waals surface area contributed by atoms with Crippen LogP contribution in [0.3, 0.4) is 0 Å². The normalized spacial score (nSPS) is 20.6. The average molecular weight is 233 g/mol. The molecule has 0 bridgehead atoms. The van der Waals surface area contributed by atoms with Crippen molar-refractivity contribution in [2.24, 2.45) is 11.8 Å². The van der Waals surface area contributed by atoms with Gasteiger partial charge in [-0.3, -0.25) is 0 Å². The van der Waals surface area contributed by atoms with Crippen LogP contribution in [0.15, 0.2) is 12.3 Å². The van der Waals surface area contributed by atoms with Crippen LogP contribution in [0.5, 0.6) is 0 Å². The molecule has 94 valence electrons. The SMILES string of the molecule is CC(C)c1ccnc(N2CCC(C(C)C)C2)n1. The number of nitrogens with zero attached hydrogens (tertiary/aromatic N) is 3. The molecule has 1 aliphatic rings. The van der Waals surface area contributed by atoms with E-state index in [2.05, 4.69) is 42.6 Å². The standard InChI is InChI=1S/C14H23N3/c1-10(2)12-6-8-17(9-12)14-15-7-5-13(16-14)11(3)4/h5,7,10-12H,6,8-9H2,1-4H3. The summed E-state index contributed by atoms with van der Waals surface area (Å²) in [5, 5.41) is 0. The highest BCUT2D eigenvalue weighted by Crippen LogP contribution is 2.26. The molecule has 0 aromatic carbocycles. The fourth-order valence-electron chi connectivity index (χ4n) is 2.35. The Balaban J connectivity index is 2.11. The molecule has 1 aromatic rings. The van der Waals surface area contributed by atoms with Crippen LogP contribution in [0.1, 0.15) is 45.7 Å². The van der Waals surface area contributed by atoms with Gasteiger partial charge in [0.1, 0.15) is 0 Å². The van der Waals surface area contributed by atoms with E-state index in [9.17, 15) is 0 Å². The number of rotatable bonds is 3. The third-order valence-electron chi connectivity index (χ3n) is 3.71. The fourth-order valence-corrected chi connectivity index (χ4v) is 2.35. The van der Waals surface area contributed by atoms with Gasteiger partial charge in [-0.1, -0.05) is 27.7 Å². The van der Waals surface area contributed by atoms with Crippen molar-refractivity contribution in [3.63, 3.8) is 0 Å². The Hall–Kier alpha value is -1.12. The van der Waals surface area contributed by atoms with Crippen molar-refractivity contribution < 1.29 is 0 Å². The van der Waals surface area contributed by atoms with Crippen LogP contribution in [-0.4, -0.2) is 23.1 Å². The first-order valence-electron chi connectivity index (χ1n) is 6.65. The van der Waals surface area contributed by atoms with Gasteiger partial charge in [-0.05, 0) is 30.2 Å². The summed E-state index contributed by atoms with van der Waals surface area (Å²) in [7, 11) is 0. The first kappa shape index (κ1) is 12.3. The highest BCUT2D eigenvalue weighted by molar-refractivity contribution is 5.32. The van der Waals surface area contributed by atoms with Crippen molar-refractivity contribution in [2.75, 3.05) is 18.0 Å². The summed E-state index contributed by atoms with van der Waals surface area (Å²) in [4.78, 5) is 11.4. The Morgan fingerprint density at radius 2 is 2.06 bits per heavy atom. The lowest BCUT2D eigenvalue weighted by molar-refractivity contribution is 0.422. The van der Waals surface area contributed by atoms with Crippen LogP contribution in [0.4, 0.5) is 5.95 Å². The van der Waals surface area contributed by atoms with Crippen molar-refractivity contribution in [1.82, 2.24) is 9.97 Å². The summed E-state index contributed by atoms with van der Waals surface area (Å²) < 4.78 is 0. The summed E-state index contributed by atoms with van der Waals surface area (Å²) in [5.74, 6) is 2.94. The van der Waals surface area contributed by atoms with Crippen LogP contribution in [-0.2, 0) is 0 Å². The molecule has 0 aliphatic carbocycles. The number of aromatic nitrogens is 2. The fraction of sp³-hybridized carbons (Fsp3) is 0.714. The Kier molecular flexibility index (Phi) is 3.65. The molecule has 1 saturated heterocycles. The highest BCUT2D eigenvalue weighted by Gasteiger charge is 2.26. The van der Waals surface area contributed by atoms with E-state index in [1.54, 1.807) is 0 Å². The molecule has 0 radical (unpaired) electrons. The predicted octanol–water partition coefficient (Wildman–Crippen LogP) is 3.08. The Labute approximate surface area is 104 Å². The minimum Gasteiger partial charge on any atom is -0.341 e. The first-order chi connectivity index (χ1) is 8.08. The van der Waals surface area contributed by atoms with Crippen molar-refractivity contribution in [1.29, 1.82) is 0 Å². The molecule has 3 heteroatoms. The third kappa shape index (κ3) is 2.76. The van der Waals surface area contributed by atoms with Crippen LogP contribution < -0.4 is 4.90 Å². The van der Waals surface area contributed by atoms with E-state index in [0.29, 0.717) is 5.92 Å². The minimum atomic E-state index is 0.472. The number of hydrogen-bond donors (Lipinski definition) is 0. The maximum Gasteiger partial charge on any atom is 0.225 e. The maximum atomic E-state index is 4.66. The zero-order chi connectivity index (χ0) is 12.4. The third-order valence-corrected chi connectivity index (χ3v) is 3.71. The molecule has 0 spiro atoms. The van der Waals surface area contributed by atoms with Gasteiger partial charge in [-0.15, -0.1) is 0 Å². The largest absolute Gasteiger partial charge is 0.341 e. The van der Waals surface area contributed by atoms with Crippen LogP contribution in [0.25, 0.3) is 0 Å². The Morgan fingerprint density at radius 1 is 1.29 bits per heavy atom. The van der Waals surface area contributed by atoms with E-state index in [4.69, 9.17) is 0 Å². The predicted molar refractivity (Wildman–Crippen MR) is 71.3 cm³/mol. The second-order valence-corrected chi connectivity index (χ2v) is 5.67. The van der Waals surface area contributed by atoms with E-state index < -0.39 is 0 Å². The van der Waals surface area contributed by atoms with E-state index in [1.165, 1.54) is 6.42 Å². The average Bonchev–Trinajstić information content (AvgIpc) is 2.78.